The number of hydrogen-bond donors (Lipinski definition) is 3. The molecule has 1 saturated carbocycles. The number of nitrogens with two attached hydrogens (primary N) is 1. The van der Waals surface area contributed by atoms with Crippen molar-refractivity contribution in [1.82, 2.24) is 14.9 Å². The molecule has 1 aliphatic carbocycles. The highest BCUT2D eigenvalue weighted by Gasteiger charge is 2.53. The summed E-state index contributed by atoms with van der Waals surface area (Å²) in [5.41, 5.74) is 7.16. The summed E-state index contributed by atoms with van der Waals surface area (Å²) in [6, 6.07) is 18.8. The van der Waals surface area contributed by atoms with E-state index < -0.39 is 23.2 Å². The molecule has 0 unspecified atom stereocenters. The first-order valence-corrected chi connectivity index (χ1v) is 12.1. The number of nitrogens with one attached hydrogen (secondary N) is 1. The molecule has 4 aromatic rings. The van der Waals surface area contributed by atoms with Crippen LogP contribution < -0.4 is 11.1 Å². The van der Waals surface area contributed by atoms with Gasteiger partial charge in [-0.15, -0.1) is 0 Å². The molecule has 2 atom stereocenters. The van der Waals surface area contributed by atoms with Crippen LogP contribution in [0.15, 0.2) is 60.7 Å². The molecule has 36 heavy (non-hydrogen) atoms. The number of nitrogens with zero attached hydrogens (tertiary/aromatic N) is 2. The van der Waals surface area contributed by atoms with Crippen molar-refractivity contribution in [2.75, 3.05) is 0 Å². The van der Waals surface area contributed by atoms with E-state index in [4.69, 9.17) is 5.73 Å². The maximum Gasteiger partial charge on any atom is 0.352 e. The number of pyridine rings is 1. The predicted molar refractivity (Wildman–Crippen MR) is 136 cm³/mol. The average Bonchev–Trinajstić information content (AvgIpc) is 3.20. The predicted octanol–water partition coefficient (Wildman–Crippen LogP) is 3.65. The lowest BCUT2D eigenvalue weighted by Crippen LogP contribution is -2.54. The number of carbonyl (C=O) groups is 3. The lowest BCUT2D eigenvalue weighted by atomic mass is 9.60. The van der Waals surface area contributed by atoms with Gasteiger partial charge >= 0.3 is 5.97 Å². The summed E-state index contributed by atoms with van der Waals surface area (Å²) < 4.78 is 1.57. The molecule has 0 spiro atoms. The number of para-hydroxylation sites is 2. The number of rotatable bonds is 6. The average molecular weight is 485 g/mol. The van der Waals surface area contributed by atoms with Gasteiger partial charge in [-0.3, -0.25) is 14.6 Å². The van der Waals surface area contributed by atoms with Gasteiger partial charge < -0.3 is 20.7 Å². The molecule has 1 fully saturated rings. The molecular formula is C28H28N4O4. The van der Waals surface area contributed by atoms with Crippen LogP contribution in [-0.4, -0.2) is 32.4 Å². The van der Waals surface area contributed by atoms with E-state index in [-0.39, 0.29) is 18.1 Å². The van der Waals surface area contributed by atoms with Crippen molar-refractivity contribution >= 4 is 39.6 Å². The minimum Gasteiger partial charge on any atom is -0.477 e. The summed E-state index contributed by atoms with van der Waals surface area (Å²) in [5.74, 6) is -2.96. The van der Waals surface area contributed by atoms with Crippen molar-refractivity contribution in [1.29, 1.82) is 0 Å². The molecule has 0 radical (unpaired) electrons. The zero-order valence-corrected chi connectivity index (χ0v) is 20.0. The molecule has 0 aliphatic heterocycles. The summed E-state index contributed by atoms with van der Waals surface area (Å²) in [6.45, 7) is 0.191. The molecule has 184 valence electrons. The van der Waals surface area contributed by atoms with Gasteiger partial charge in [-0.2, -0.15) is 0 Å². The molecule has 5 rings (SSSR count). The van der Waals surface area contributed by atoms with E-state index in [1.807, 2.05) is 48.5 Å². The van der Waals surface area contributed by atoms with Crippen molar-refractivity contribution in [3.05, 3.63) is 77.6 Å². The Morgan fingerprint density at radius 1 is 1.08 bits per heavy atom. The number of amides is 2. The van der Waals surface area contributed by atoms with Crippen LogP contribution in [-0.2, 0) is 28.6 Å². The van der Waals surface area contributed by atoms with Gasteiger partial charge in [-0.05, 0) is 31.0 Å². The van der Waals surface area contributed by atoms with Crippen LogP contribution in [0.3, 0.4) is 0 Å². The summed E-state index contributed by atoms with van der Waals surface area (Å²) in [4.78, 5) is 44.0. The number of fused-ring (bicyclic) bond motifs is 2. The van der Waals surface area contributed by atoms with E-state index in [1.54, 1.807) is 23.7 Å². The zero-order valence-electron chi connectivity index (χ0n) is 20.0. The van der Waals surface area contributed by atoms with Gasteiger partial charge in [0.1, 0.15) is 5.69 Å². The summed E-state index contributed by atoms with van der Waals surface area (Å²) >= 11 is 0. The second kappa shape index (κ2) is 9.11. The van der Waals surface area contributed by atoms with Crippen molar-refractivity contribution in [2.24, 2.45) is 18.7 Å². The normalized spacial score (nSPS) is 19.9. The van der Waals surface area contributed by atoms with Crippen molar-refractivity contribution < 1.29 is 19.5 Å². The van der Waals surface area contributed by atoms with E-state index in [2.05, 4.69) is 10.3 Å². The number of aromatic nitrogens is 2. The van der Waals surface area contributed by atoms with Crippen molar-refractivity contribution in [3.8, 4) is 0 Å². The third-order valence-corrected chi connectivity index (χ3v) is 7.52. The van der Waals surface area contributed by atoms with Crippen LogP contribution in [0.1, 0.15) is 47.4 Å². The Morgan fingerprint density at radius 2 is 1.83 bits per heavy atom. The number of primary amides is 1. The van der Waals surface area contributed by atoms with Crippen LogP contribution in [0.2, 0.25) is 0 Å². The summed E-state index contributed by atoms with van der Waals surface area (Å²) in [7, 11) is 1.66. The van der Waals surface area contributed by atoms with Crippen molar-refractivity contribution in [3.63, 3.8) is 0 Å². The standard InChI is InChI=1S/C28H28N4O4/c1-32-22-12-5-3-9-19(22)23(24(32)26(34)35)28(27(29)36)15-7-6-10-20(28)25(33)30-16-18-14-13-17-8-2-4-11-21(17)31-18/h2-5,8-9,11-14,20H,6-7,10,15-16H2,1H3,(H2,29,36)(H,30,33)(H,34,35)/t20-,28-/m0/s1. The fraction of sp³-hybridized carbons (Fsp3) is 0.286. The Balaban J connectivity index is 1.56. The lowest BCUT2D eigenvalue weighted by molar-refractivity contribution is -0.137. The second-order valence-electron chi connectivity index (χ2n) is 9.45. The smallest absolute Gasteiger partial charge is 0.352 e. The third kappa shape index (κ3) is 3.69. The molecule has 1 aliphatic rings. The van der Waals surface area contributed by atoms with Gasteiger partial charge in [0.25, 0.3) is 0 Å². The molecule has 2 aromatic carbocycles. The molecule has 0 bridgehead atoms. The number of carboxylic acids is 1. The molecule has 8 nitrogen and oxygen atoms in total. The highest BCUT2D eigenvalue weighted by molar-refractivity contribution is 6.06. The third-order valence-electron chi connectivity index (χ3n) is 7.52. The summed E-state index contributed by atoms with van der Waals surface area (Å²) in [5, 5.41) is 14.7. The highest BCUT2D eigenvalue weighted by atomic mass is 16.4. The molecular weight excluding hydrogens is 456 g/mol. The number of hydrogen-bond acceptors (Lipinski definition) is 4. The Labute approximate surface area is 208 Å². The van der Waals surface area contributed by atoms with Crippen LogP contribution in [0.25, 0.3) is 21.8 Å². The monoisotopic (exact) mass is 484 g/mol. The van der Waals surface area contributed by atoms with Gasteiger partial charge in [-0.25, -0.2) is 4.79 Å². The Kier molecular flexibility index (Phi) is 5.96. The SMILES string of the molecule is Cn1c(C(=O)O)c([C@]2(C(N)=O)CCCC[C@H]2C(=O)NCc2ccc3ccccc3n2)c2ccccc21. The van der Waals surface area contributed by atoms with Crippen LogP contribution in [0.5, 0.6) is 0 Å². The van der Waals surface area contributed by atoms with Gasteiger partial charge in [0, 0.05) is 28.9 Å². The largest absolute Gasteiger partial charge is 0.477 e. The fourth-order valence-corrected chi connectivity index (χ4v) is 5.85. The lowest BCUT2D eigenvalue weighted by Gasteiger charge is -2.41. The Hall–Kier alpha value is -4.20. The first kappa shape index (κ1) is 23.5. The summed E-state index contributed by atoms with van der Waals surface area (Å²) in [6.07, 6.45) is 2.15. The Morgan fingerprint density at radius 3 is 2.61 bits per heavy atom. The quantitative estimate of drug-likeness (QED) is 0.385. The van der Waals surface area contributed by atoms with E-state index in [1.165, 1.54) is 0 Å². The molecule has 8 heteroatoms. The minimum absolute atomic E-state index is 0.00843. The fourth-order valence-electron chi connectivity index (χ4n) is 5.85. The molecule has 0 saturated heterocycles. The van der Waals surface area contributed by atoms with Gasteiger partial charge in [0.2, 0.25) is 11.8 Å². The zero-order chi connectivity index (χ0) is 25.4. The molecule has 2 amide bonds. The Bertz CT molecular complexity index is 1510. The number of aromatic carboxylic acids is 1. The number of benzene rings is 2. The minimum atomic E-state index is -1.44. The number of carbonyl (C=O) groups excluding carboxylic acids is 2. The van der Waals surface area contributed by atoms with Gasteiger partial charge in [0.15, 0.2) is 0 Å². The van der Waals surface area contributed by atoms with Crippen molar-refractivity contribution in [2.45, 2.75) is 37.6 Å². The van der Waals surface area contributed by atoms with Crippen LogP contribution in [0, 0.1) is 5.92 Å². The number of aryl methyl sites for hydroxylation is 1. The second-order valence-corrected chi connectivity index (χ2v) is 9.45. The first-order chi connectivity index (χ1) is 17.3. The van der Waals surface area contributed by atoms with Crippen LogP contribution >= 0.6 is 0 Å². The maximum absolute atomic E-state index is 13.7. The van der Waals surface area contributed by atoms with Gasteiger partial charge in [-0.1, -0.05) is 55.3 Å². The van der Waals surface area contributed by atoms with E-state index >= 15 is 0 Å². The van der Waals surface area contributed by atoms with Gasteiger partial charge in [0.05, 0.1) is 29.1 Å². The molecule has 4 N–H and O–H groups in total. The van der Waals surface area contributed by atoms with E-state index in [9.17, 15) is 19.5 Å². The molecule has 2 heterocycles. The topological polar surface area (TPSA) is 127 Å². The van der Waals surface area contributed by atoms with E-state index in [0.717, 1.165) is 17.3 Å². The van der Waals surface area contributed by atoms with E-state index in [0.29, 0.717) is 41.4 Å². The maximum atomic E-state index is 13.7. The first-order valence-electron chi connectivity index (χ1n) is 12.1. The molecule has 2 aromatic heterocycles. The number of carboxylic acid groups (broad SMARTS) is 1. The highest BCUT2D eigenvalue weighted by Crippen LogP contribution is 2.48. The van der Waals surface area contributed by atoms with Crippen LogP contribution in [0.4, 0.5) is 0 Å².